The predicted octanol–water partition coefficient (Wildman–Crippen LogP) is -7.53. The Bertz CT molecular complexity index is 291. The zero-order valence-corrected chi connectivity index (χ0v) is 14.3. The molecule has 0 saturated carbocycles. The average Bonchev–Trinajstić information content (AvgIpc) is 1.41. The van der Waals surface area contributed by atoms with Gasteiger partial charge in [-0.15, -0.1) is 0 Å². The first-order chi connectivity index (χ1) is 6.00. The third kappa shape index (κ3) is 1600. The molecule has 0 rings (SSSR count). The SMILES string of the molecule is O=S(=O)(O)O.O=[As]([O-])(O)O.[Cu+2].[Fe+2].[O]=[Sb]([O-])([O-])[O-]. The summed E-state index contributed by atoms with van der Waals surface area (Å²) < 4.78 is 98.1. The quantitative estimate of drug-likeness (QED) is 0.164. The van der Waals surface area contributed by atoms with Crippen LogP contribution in [0.25, 0.3) is 0 Å². The van der Waals surface area contributed by atoms with Crippen LogP contribution in [0.3, 0.4) is 0 Å². The van der Waals surface area contributed by atoms with Crippen molar-refractivity contribution in [3.05, 3.63) is 0 Å². The van der Waals surface area contributed by atoms with E-state index in [4.69, 9.17) is 46.7 Å². The summed E-state index contributed by atoms with van der Waals surface area (Å²) in [6.07, 6.45) is 0. The van der Waals surface area contributed by atoms with Crippen LogP contribution >= 0.6 is 0 Å². The van der Waals surface area contributed by atoms with Crippen molar-refractivity contribution in [1.82, 2.24) is 0 Å². The summed E-state index contributed by atoms with van der Waals surface area (Å²) in [7, 11) is -4.67. The second-order valence-electron chi connectivity index (χ2n) is 1.39. The van der Waals surface area contributed by atoms with E-state index in [2.05, 4.69) is 0 Å². The molecule has 0 spiro atoms. The van der Waals surface area contributed by atoms with E-state index >= 15 is 0 Å². The fraction of sp³-hybridized carbons (Fsp3) is 0. The van der Waals surface area contributed by atoms with Crippen molar-refractivity contribution < 1.29 is 80.9 Å². The maximum absolute atomic E-state index is 8.83. The Hall–Kier alpha value is 1.65. The third-order valence-corrected chi connectivity index (χ3v) is 0. The summed E-state index contributed by atoms with van der Waals surface area (Å²) in [5, 5.41) is 0. The molecule has 111 valence electrons. The topological polar surface area (TPSA) is 241 Å². The summed E-state index contributed by atoms with van der Waals surface area (Å²) in [6.45, 7) is 0. The molecule has 1 radical (unpaired) electrons. The standard InChI is InChI=1S/AsH3O4.Cu.Fe.H2O4S.4O.Sb/c2-1(3,4)5;;;1-5(2,3)4;;;;;/h(H3,2,3,4,5);;;(H2,1,2,3,4);;;;;/q;2*+2;;;3*-1;/p-1. The Morgan fingerprint density at radius 3 is 1.06 bits per heavy atom. The van der Waals surface area contributed by atoms with Crippen LogP contribution < -0.4 is 14.3 Å². The second kappa shape index (κ2) is 12.7. The number of hydrogen-bond acceptors (Lipinski definition) is 8. The molecule has 12 nitrogen and oxygen atoms in total. The molecule has 0 saturated heterocycles. The van der Waals surface area contributed by atoms with Crippen molar-refractivity contribution in [3.8, 4) is 0 Å². The van der Waals surface area contributed by atoms with Crippen molar-refractivity contribution in [1.29, 1.82) is 0 Å². The van der Waals surface area contributed by atoms with Crippen LogP contribution in [0, 0.1) is 0 Å². The van der Waals surface area contributed by atoms with Crippen LogP contribution in [0.1, 0.15) is 0 Å². The molecule has 4 N–H and O–H groups in total. The Balaban J connectivity index is -0.0000000400. The predicted molar refractivity (Wildman–Crippen MR) is 31.5 cm³/mol. The second-order valence-corrected chi connectivity index (χ2v) is 6.89. The van der Waals surface area contributed by atoms with Crippen molar-refractivity contribution >= 4 is 45.0 Å². The molecule has 0 atom stereocenters. The molecule has 0 aromatic heterocycles. The monoisotopic (exact) mass is 543 g/mol. The Morgan fingerprint density at radius 2 is 1.06 bits per heavy atom. The number of rotatable bonds is 0. The molecule has 0 bridgehead atoms. The molecule has 0 aliphatic carbocycles. The van der Waals surface area contributed by atoms with E-state index in [-0.39, 0.29) is 34.1 Å². The van der Waals surface area contributed by atoms with Gasteiger partial charge >= 0.3 is 108 Å². The first-order valence-corrected chi connectivity index (χ1v) is 11.0. The van der Waals surface area contributed by atoms with Gasteiger partial charge in [-0.3, -0.25) is 9.11 Å². The van der Waals surface area contributed by atoms with E-state index in [0.29, 0.717) is 0 Å². The van der Waals surface area contributed by atoms with Crippen LogP contribution in [-0.2, 0) is 51.3 Å². The Morgan fingerprint density at radius 1 is 1.06 bits per heavy atom. The normalized spacial score (nSPS) is 10.4. The van der Waals surface area contributed by atoms with Crippen molar-refractivity contribution in [2.75, 3.05) is 0 Å². The minimum atomic E-state index is -6.10. The van der Waals surface area contributed by atoms with Gasteiger partial charge in [0.25, 0.3) is 0 Å². The summed E-state index contributed by atoms with van der Waals surface area (Å²) in [5.41, 5.74) is 0. The molecular formula is H4AsCuFeO12SSb. The fourth-order valence-electron chi connectivity index (χ4n) is 0. The van der Waals surface area contributed by atoms with E-state index in [1.807, 2.05) is 0 Å². The van der Waals surface area contributed by atoms with Gasteiger partial charge in [-0.25, -0.2) is 0 Å². The molecule has 0 amide bonds. The van der Waals surface area contributed by atoms with Gasteiger partial charge in [-0.05, 0) is 0 Å². The van der Waals surface area contributed by atoms with E-state index in [1.165, 1.54) is 0 Å². The van der Waals surface area contributed by atoms with Crippen LogP contribution in [-0.4, -0.2) is 60.3 Å². The van der Waals surface area contributed by atoms with Crippen molar-refractivity contribution in [3.63, 3.8) is 0 Å². The van der Waals surface area contributed by atoms with E-state index in [9.17, 15) is 0 Å². The Kier molecular flexibility index (Phi) is 23.2. The first-order valence-electron chi connectivity index (χ1n) is 2.19. The molecule has 17 heavy (non-hydrogen) atoms. The Labute approximate surface area is 125 Å². The summed E-state index contributed by atoms with van der Waals surface area (Å²) in [5.74, 6) is 0. The van der Waals surface area contributed by atoms with Crippen molar-refractivity contribution in [2.45, 2.75) is 0 Å². The molecule has 0 aliphatic heterocycles. The molecule has 0 fully saturated rings. The van der Waals surface area contributed by atoms with E-state index in [1.54, 1.807) is 0 Å². The van der Waals surface area contributed by atoms with Gasteiger partial charge in [-0.1, -0.05) is 0 Å². The first kappa shape index (κ1) is 31.2. The summed E-state index contributed by atoms with van der Waals surface area (Å²) >= 11 is -11.5. The van der Waals surface area contributed by atoms with E-state index < -0.39 is 45.0 Å². The molecular weight excluding hydrogens is 540 g/mol. The molecule has 0 heterocycles. The fourth-order valence-corrected chi connectivity index (χ4v) is 0. The van der Waals surface area contributed by atoms with Gasteiger partial charge in [0, 0.05) is 0 Å². The van der Waals surface area contributed by atoms with Gasteiger partial charge in [-0.2, -0.15) is 8.42 Å². The van der Waals surface area contributed by atoms with Gasteiger partial charge in [0.2, 0.25) is 0 Å². The summed E-state index contributed by atoms with van der Waals surface area (Å²) in [4.78, 5) is 0. The van der Waals surface area contributed by atoms with Gasteiger partial charge in [0.1, 0.15) is 0 Å². The molecule has 0 unspecified atom stereocenters. The number of hydrogen-bond donors (Lipinski definition) is 4. The third-order valence-electron chi connectivity index (χ3n) is 0. The zero-order valence-electron chi connectivity index (χ0n) is 7.01. The maximum atomic E-state index is 8.83. The van der Waals surface area contributed by atoms with Gasteiger partial charge in [0.15, 0.2) is 0 Å². The molecule has 0 aliphatic rings. The van der Waals surface area contributed by atoms with Crippen LogP contribution in [0.15, 0.2) is 0 Å². The van der Waals surface area contributed by atoms with E-state index in [0.717, 1.165) is 0 Å². The van der Waals surface area contributed by atoms with Crippen LogP contribution in [0.2, 0.25) is 0 Å². The average molecular weight is 544 g/mol. The molecule has 17 heteroatoms. The minimum absolute atomic E-state index is 0. The molecule has 0 aromatic rings. The molecule has 0 aromatic carbocycles. The van der Waals surface area contributed by atoms with Gasteiger partial charge < -0.3 is 0 Å². The zero-order chi connectivity index (χ0) is 13.5. The van der Waals surface area contributed by atoms with Crippen molar-refractivity contribution in [2.24, 2.45) is 0 Å². The van der Waals surface area contributed by atoms with Gasteiger partial charge in [0.05, 0.1) is 0 Å². The van der Waals surface area contributed by atoms with Crippen LogP contribution in [0.5, 0.6) is 0 Å². The van der Waals surface area contributed by atoms with Crippen LogP contribution in [0.4, 0.5) is 0 Å². The summed E-state index contributed by atoms with van der Waals surface area (Å²) in [6, 6.07) is 0.